The van der Waals surface area contributed by atoms with Crippen LogP contribution in [-0.2, 0) is 238 Å². The first-order valence-electron chi connectivity index (χ1n) is 36.9. The molecule has 0 aliphatic rings. The summed E-state index contributed by atoms with van der Waals surface area (Å²) in [6.07, 6.45) is -12.4. The molecule has 0 aliphatic carbocycles. The van der Waals surface area contributed by atoms with Crippen LogP contribution in [0.15, 0.2) is 181 Å². The smallest absolute Gasteiger partial charge is 0.513 e. The first-order chi connectivity index (χ1) is 62.2. The number of thioether (sulfide) groups is 1. The van der Waals surface area contributed by atoms with Crippen LogP contribution in [-0.4, -0.2) is 111 Å². The summed E-state index contributed by atoms with van der Waals surface area (Å²) >= 11 is 61.2. The molecule has 0 saturated carbocycles. The van der Waals surface area contributed by atoms with E-state index in [0.29, 0.717) is 43.0 Å². The van der Waals surface area contributed by atoms with E-state index in [4.69, 9.17) is 140 Å². The Bertz CT molecular complexity index is 6980. The van der Waals surface area contributed by atoms with Crippen LogP contribution in [0.25, 0.3) is 28.4 Å². The summed E-state index contributed by atoms with van der Waals surface area (Å²) in [4.78, 5) is 61.7. The molecule has 0 aliphatic heterocycles. The Kier molecular flexibility index (Phi) is 47.1. The molecule has 0 spiro atoms. The molecule has 0 amide bonds. The molecule has 55 heteroatoms. The zero-order valence-electron chi connectivity index (χ0n) is 70.8. The van der Waals surface area contributed by atoms with Gasteiger partial charge in [-0.05, 0) is 144 Å². The maximum Gasteiger partial charge on any atom is 0.573 e. The van der Waals surface area contributed by atoms with Gasteiger partial charge in [-0.3, -0.25) is 0 Å². The molecule has 0 saturated heterocycles. The van der Waals surface area contributed by atoms with Gasteiger partial charge in [-0.1, -0.05) is 74.5 Å². The number of halogens is 18. The van der Waals surface area contributed by atoms with E-state index < -0.39 is 60.6 Å². The van der Waals surface area contributed by atoms with Crippen molar-refractivity contribution in [3.05, 3.63) is 329 Å². The molecule has 31 nitrogen and oxygen atoms in total. The number of benzene rings is 10. The number of hydrogen-bond acceptors (Lipinski definition) is 22. The molecular formula is C81H59Cl10F8N20O11SY5-5. The van der Waals surface area contributed by atoms with E-state index >= 15 is 0 Å². The molecule has 5 heterocycles. The van der Waals surface area contributed by atoms with E-state index in [2.05, 4.69) is 94.1 Å². The Morgan fingerprint density at radius 2 is 0.625 bits per heavy atom. The Morgan fingerprint density at radius 1 is 0.353 bits per heavy atom. The average molecular weight is 2470 g/mol. The molecule has 5 aromatic heterocycles. The second-order valence-electron chi connectivity index (χ2n) is 26.4. The van der Waals surface area contributed by atoms with Gasteiger partial charge >= 0.3 is 41.0 Å². The minimum atomic E-state index is -4.95. The van der Waals surface area contributed by atoms with E-state index in [9.17, 15) is 59.1 Å². The van der Waals surface area contributed by atoms with Gasteiger partial charge in [-0.15, -0.1) is 113 Å². The summed E-state index contributed by atoms with van der Waals surface area (Å²) in [5.74, 6) is 1.60. The largest absolute Gasteiger partial charge is 0.573 e. The van der Waals surface area contributed by atoms with Crippen molar-refractivity contribution in [2.24, 2.45) is 35.2 Å². The minimum Gasteiger partial charge on any atom is -0.513 e. The molecule has 0 bridgehead atoms. The number of aromatic nitrogens is 20. The quantitative estimate of drug-likeness (QED) is 0.0308. The molecule has 701 valence electrons. The first kappa shape index (κ1) is 118. The Hall–Kier alpha value is -6.44. The molecule has 15 rings (SSSR count). The van der Waals surface area contributed by atoms with Crippen molar-refractivity contribution in [2.45, 2.75) is 70.7 Å². The standard InChI is InChI=1S/C17H15Cl2N4O2S.C16H10Cl2F3N4O3.C16H10Cl2F3N4O2.C16H11Cl2F2N4O2.C16H13Cl2N4O2.5Y/c1-3-26-16-6-4-5-14(23-17(24)22(2)20-21-23)12(16)10-25-15-9-11(18)7-8-13(15)19;1-24-15(26)25(23-22-24)12-3-2-4-13(28-16(19,20)21)10(12)8-27-14-7-9(17)5-6-11(14)18;1-24-15(26)25(23-22-24)13-4-2-3-11(16(19,20)21)10(13)8-27-14-7-9(17)5-6-12(14)18;1-23-16(25)24(22-21-23)13-4-2-3-10(15(19)20)11(13)8-26-14-7-9(17)5-6-12(14)18;1-10-4-3-5-14(22-16(23)21(2)19-20-22)12(10)9-24-15-8-11(17)6-7-13(15)18;;;;;/h4-6,8-9H,3,10H2,1-2H3;2-4,6-7H,8H2,1H3;2-4,6-7H,8H2,1H3;2-4,6-7,15H,8H2,1H3;3-5,7-8H,9H2,1-2H3;;;;;/q5*-1;;;;;. The molecular weight excluding hydrogens is 2410 g/mol. The zero-order chi connectivity index (χ0) is 95.0. The third kappa shape index (κ3) is 31.0. The second-order valence-corrected chi connectivity index (χ2v) is 31.8. The molecule has 0 fully saturated rings. The van der Waals surface area contributed by atoms with Crippen molar-refractivity contribution in [2.75, 3.05) is 5.75 Å². The van der Waals surface area contributed by atoms with E-state index in [-0.39, 0.29) is 281 Å². The summed E-state index contributed by atoms with van der Waals surface area (Å²) in [5, 5.41) is 39.7. The van der Waals surface area contributed by atoms with Gasteiger partial charge in [0.15, 0.2) is 0 Å². The van der Waals surface area contributed by atoms with Crippen LogP contribution >= 0.6 is 128 Å². The van der Waals surface area contributed by atoms with Gasteiger partial charge in [-0.2, -0.15) is 179 Å². The maximum atomic E-state index is 13.5. The summed E-state index contributed by atoms with van der Waals surface area (Å²) in [6, 6.07) is 50.5. The van der Waals surface area contributed by atoms with Crippen molar-refractivity contribution in [3.8, 4) is 62.9 Å². The Balaban J connectivity index is 0.000000259. The molecule has 5 radical (unpaired) electrons. The minimum absolute atomic E-state index is 0. The maximum absolute atomic E-state index is 13.5. The van der Waals surface area contributed by atoms with Crippen LogP contribution in [0.3, 0.4) is 0 Å². The van der Waals surface area contributed by atoms with Gasteiger partial charge in [0, 0.05) is 260 Å². The zero-order valence-corrected chi connectivity index (χ0v) is 93.4. The molecule has 0 atom stereocenters. The van der Waals surface area contributed by atoms with Crippen molar-refractivity contribution in [1.29, 1.82) is 0 Å². The predicted molar refractivity (Wildman–Crippen MR) is 469 cm³/mol. The van der Waals surface area contributed by atoms with E-state index in [1.165, 1.54) is 114 Å². The predicted octanol–water partition coefficient (Wildman–Crippen LogP) is 17.5. The number of rotatable bonds is 24. The van der Waals surface area contributed by atoms with Crippen LogP contribution in [0.4, 0.5) is 35.1 Å². The number of alkyl halides is 8. The Morgan fingerprint density at radius 3 is 0.941 bits per heavy atom. The second kappa shape index (κ2) is 54.1. The van der Waals surface area contributed by atoms with E-state index in [1.807, 2.05) is 37.3 Å². The first-order valence-corrected chi connectivity index (χ1v) is 41.7. The van der Waals surface area contributed by atoms with Gasteiger partial charge in [0.25, 0.3) is 6.43 Å². The summed E-state index contributed by atoms with van der Waals surface area (Å²) < 4.78 is 148. The van der Waals surface area contributed by atoms with Gasteiger partial charge < -0.3 is 28.4 Å². The summed E-state index contributed by atoms with van der Waals surface area (Å²) in [5.41, 5.74) is -0.326. The van der Waals surface area contributed by atoms with Gasteiger partial charge in [0.2, 0.25) is 0 Å². The SMILES string of the molecule is CCSc1cccc(-n2nnn(C)c2=O)c1COc1cc(Cl)[c-]cc1Cl.Cc1cccc(-n2nnn(C)c2=O)c1COc1cc(Cl)[c-]cc1Cl.Cn1nnn(-c2cccc(C(F)(F)F)c2COc2cc(Cl)[c-]cc2Cl)c1=O.Cn1nnn(-c2cccc(C(F)F)c2COc2cc(Cl)[c-]cc2Cl)c1=O.Cn1nnn(-c2cccc(OC(F)(F)F)c2COc2cc(Cl)[c-]cc2Cl)c1=O.[Y].[Y].[Y].[Y].[Y]. The fourth-order valence-corrected chi connectivity index (χ4v) is 13.9. The van der Waals surface area contributed by atoms with Crippen molar-refractivity contribution < 1.29 is 227 Å². The number of nitrogens with zero attached hydrogens (tertiary/aromatic N) is 20. The van der Waals surface area contributed by atoms with E-state index in [1.54, 1.807) is 56.2 Å². The molecule has 0 unspecified atom stereocenters. The fourth-order valence-electron chi connectivity index (χ4n) is 11.5. The van der Waals surface area contributed by atoms with Gasteiger partial charge in [0.05, 0.1) is 39.6 Å². The van der Waals surface area contributed by atoms with E-state index in [0.717, 1.165) is 72.2 Å². The normalized spacial score (nSPS) is 10.8. The van der Waals surface area contributed by atoms with Crippen LogP contribution in [0.5, 0.6) is 34.5 Å². The van der Waals surface area contributed by atoms with Crippen LogP contribution in [0.1, 0.15) is 57.9 Å². The number of hydrogen-bond donors (Lipinski definition) is 0. The number of ether oxygens (including phenoxy) is 6. The van der Waals surface area contributed by atoms with Gasteiger partial charge in [-0.25, -0.2) is 32.8 Å². The topological polar surface area (TPSA) is 319 Å². The van der Waals surface area contributed by atoms with Crippen LogP contribution < -0.4 is 56.9 Å². The monoisotopic (exact) mass is 2470 g/mol. The Labute approximate surface area is 945 Å². The molecule has 15 aromatic rings. The molecule has 10 aromatic carbocycles. The van der Waals surface area contributed by atoms with Gasteiger partial charge in [0.1, 0.15) is 38.8 Å². The fraction of sp³-hybridized carbons (Fsp3) is 0.198. The third-order valence-corrected chi connectivity index (χ3v) is 21.3. The van der Waals surface area contributed by atoms with Crippen molar-refractivity contribution in [3.63, 3.8) is 0 Å². The van der Waals surface area contributed by atoms with Crippen LogP contribution in [0, 0.1) is 37.3 Å². The summed E-state index contributed by atoms with van der Waals surface area (Å²) in [7, 11) is 7.17. The average Bonchev–Trinajstić information content (AvgIpc) is 1.36. The number of tetrazole rings is 5. The third-order valence-electron chi connectivity index (χ3n) is 17.8. The van der Waals surface area contributed by atoms with Crippen LogP contribution in [0.2, 0.25) is 50.2 Å². The van der Waals surface area contributed by atoms with Crippen molar-refractivity contribution in [1.82, 2.24) is 99.0 Å². The number of aryl methyl sites for hydroxylation is 6. The van der Waals surface area contributed by atoms with Crippen molar-refractivity contribution >= 4 is 128 Å². The molecule has 136 heavy (non-hydrogen) atoms. The summed E-state index contributed by atoms with van der Waals surface area (Å²) in [6.45, 7) is 3.14. The molecule has 0 N–H and O–H groups in total.